The van der Waals surface area contributed by atoms with Gasteiger partial charge in [-0.05, 0) is 78.8 Å². The molecule has 0 unspecified atom stereocenters. The fourth-order valence-corrected chi connectivity index (χ4v) is 4.23. The zero-order valence-corrected chi connectivity index (χ0v) is 13.1. The van der Waals surface area contributed by atoms with Crippen LogP contribution < -0.4 is 0 Å². The molecular weight excluding hydrogens is 288 g/mol. The lowest BCUT2D eigenvalue weighted by Gasteiger charge is -2.07. The lowest BCUT2D eigenvalue weighted by Crippen LogP contribution is -1.81. The molecular formula is C24H14. The van der Waals surface area contributed by atoms with Gasteiger partial charge in [-0.15, -0.1) is 0 Å². The zero-order valence-electron chi connectivity index (χ0n) is 13.1. The van der Waals surface area contributed by atoms with Crippen LogP contribution in [0.25, 0.3) is 54.6 Å². The topological polar surface area (TPSA) is 0 Å². The number of rotatable bonds is 0. The zero-order chi connectivity index (χ0) is 15.7. The quantitative estimate of drug-likeness (QED) is 0.271. The first-order valence-corrected chi connectivity index (χ1v) is 8.37. The summed E-state index contributed by atoms with van der Waals surface area (Å²) in [5, 5.41) is 7.97. The summed E-state index contributed by atoms with van der Waals surface area (Å²) >= 11 is 0. The molecule has 0 aromatic heterocycles. The second-order valence-electron chi connectivity index (χ2n) is 6.65. The van der Waals surface area contributed by atoms with Crippen LogP contribution in [0.5, 0.6) is 0 Å². The van der Waals surface area contributed by atoms with Crippen LogP contribution in [0.4, 0.5) is 0 Å². The highest BCUT2D eigenvalue weighted by Crippen LogP contribution is 2.48. The van der Waals surface area contributed by atoms with Gasteiger partial charge in [0, 0.05) is 0 Å². The summed E-state index contributed by atoms with van der Waals surface area (Å²) in [5.41, 5.74) is 5.47. The molecule has 6 rings (SSSR count). The largest absolute Gasteiger partial charge is 0.0616 e. The molecule has 0 bridgehead atoms. The Morgan fingerprint density at radius 2 is 0.833 bits per heavy atom. The molecule has 0 saturated heterocycles. The summed E-state index contributed by atoms with van der Waals surface area (Å²) < 4.78 is 0. The highest BCUT2D eigenvalue weighted by atomic mass is 14.2. The van der Waals surface area contributed by atoms with Gasteiger partial charge < -0.3 is 0 Å². The summed E-state index contributed by atoms with van der Waals surface area (Å²) in [7, 11) is 0. The second-order valence-corrected chi connectivity index (χ2v) is 6.65. The molecule has 5 aromatic rings. The summed E-state index contributed by atoms with van der Waals surface area (Å²) in [6.45, 7) is 0. The molecule has 0 fully saturated rings. The molecule has 24 heavy (non-hydrogen) atoms. The van der Waals surface area contributed by atoms with Gasteiger partial charge >= 0.3 is 0 Å². The van der Waals surface area contributed by atoms with Crippen LogP contribution in [0.2, 0.25) is 0 Å². The summed E-state index contributed by atoms with van der Waals surface area (Å²) in [4.78, 5) is 0. The van der Waals surface area contributed by atoms with Crippen LogP contribution in [0, 0.1) is 0 Å². The predicted molar refractivity (Wildman–Crippen MR) is 103 cm³/mol. The SMILES string of the molecule is c1ccc2cc3cc4c(cc3cc2c1)-c1cccc2cccc-4c12. The van der Waals surface area contributed by atoms with Gasteiger partial charge in [0.05, 0.1) is 0 Å². The third kappa shape index (κ3) is 1.48. The molecule has 0 saturated carbocycles. The van der Waals surface area contributed by atoms with Crippen LogP contribution in [-0.4, -0.2) is 0 Å². The second kappa shape index (κ2) is 4.24. The van der Waals surface area contributed by atoms with Gasteiger partial charge in [-0.2, -0.15) is 0 Å². The van der Waals surface area contributed by atoms with E-state index >= 15 is 0 Å². The van der Waals surface area contributed by atoms with E-state index in [2.05, 4.69) is 84.9 Å². The van der Waals surface area contributed by atoms with E-state index in [9.17, 15) is 0 Å². The average Bonchev–Trinajstić information content (AvgIpc) is 2.94. The first kappa shape index (κ1) is 12.3. The van der Waals surface area contributed by atoms with E-state index in [1.54, 1.807) is 0 Å². The first-order chi connectivity index (χ1) is 11.9. The number of hydrogen-bond acceptors (Lipinski definition) is 0. The third-order valence-corrected chi connectivity index (χ3v) is 5.33. The van der Waals surface area contributed by atoms with Gasteiger partial charge in [-0.25, -0.2) is 0 Å². The Kier molecular flexibility index (Phi) is 2.18. The first-order valence-electron chi connectivity index (χ1n) is 8.37. The fraction of sp³-hybridized carbons (Fsp3) is 0. The predicted octanol–water partition coefficient (Wildman–Crippen LogP) is 6.79. The minimum atomic E-state index is 1.30. The van der Waals surface area contributed by atoms with E-state index in [0.29, 0.717) is 0 Å². The Morgan fingerprint density at radius 3 is 1.38 bits per heavy atom. The van der Waals surface area contributed by atoms with Gasteiger partial charge in [0.25, 0.3) is 0 Å². The molecule has 0 spiro atoms. The molecule has 1 aliphatic carbocycles. The Labute approximate surface area is 140 Å². The highest BCUT2D eigenvalue weighted by molar-refractivity contribution is 6.17. The Morgan fingerprint density at radius 1 is 0.333 bits per heavy atom. The molecule has 5 aromatic carbocycles. The molecule has 0 heterocycles. The fourth-order valence-electron chi connectivity index (χ4n) is 4.23. The molecule has 0 nitrogen and oxygen atoms in total. The van der Waals surface area contributed by atoms with Crippen LogP contribution in [0.3, 0.4) is 0 Å². The third-order valence-electron chi connectivity index (χ3n) is 5.33. The van der Waals surface area contributed by atoms with Crippen molar-refractivity contribution in [3.63, 3.8) is 0 Å². The van der Waals surface area contributed by atoms with Gasteiger partial charge in [0.1, 0.15) is 0 Å². The molecule has 0 amide bonds. The van der Waals surface area contributed by atoms with Crippen molar-refractivity contribution < 1.29 is 0 Å². The van der Waals surface area contributed by atoms with E-state index in [1.807, 2.05) is 0 Å². The van der Waals surface area contributed by atoms with Crippen LogP contribution in [-0.2, 0) is 0 Å². The summed E-state index contributed by atoms with van der Waals surface area (Å²) in [6, 6.07) is 31.2. The van der Waals surface area contributed by atoms with Crippen LogP contribution in [0.15, 0.2) is 84.9 Å². The van der Waals surface area contributed by atoms with E-state index in [0.717, 1.165) is 0 Å². The Hall–Kier alpha value is -3.12. The van der Waals surface area contributed by atoms with Crippen molar-refractivity contribution in [3.8, 4) is 22.3 Å². The molecule has 0 N–H and O–H groups in total. The summed E-state index contributed by atoms with van der Waals surface area (Å²) in [6.07, 6.45) is 0. The monoisotopic (exact) mass is 302 g/mol. The van der Waals surface area contributed by atoms with Crippen molar-refractivity contribution in [1.29, 1.82) is 0 Å². The Balaban J connectivity index is 1.79. The average molecular weight is 302 g/mol. The van der Waals surface area contributed by atoms with Crippen LogP contribution in [0.1, 0.15) is 0 Å². The van der Waals surface area contributed by atoms with Crippen molar-refractivity contribution in [3.05, 3.63) is 84.9 Å². The molecule has 0 aliphatic heterocycles. The van der Waals surface area contributed by atoms with E-state index < -0.39 is 0 Å². The lowest BCUT2D eigenvalue weighted by atomic mass is 9.96. The van der Waals surface area contributed by atoms with Crippen molar-refractivity contribution >= 4 is 32.3 Å². The maximum Gasteiger partial charge on any atom is -0.00264 e. The van der Waals surface area contributed by atoms with Gasteiger partial charge in [0.15, 0.2) is 0 Å². The molecule has 110 valence electrons. The molecule has 0 heteroatoms. The Bertz CT molecular complexity index is 1200. The van der Waals surface area contributed by atoms with E-state index in [4.69, 9.17) is 0 Å². The smallest absolute Gasteiger partial charge is 0.00264 e. The van der Waals surface area contributed by atoms with Crippen molar-refractivity contribution in [2.75, 3.05) is 0 Å². The normalized spacial score (nSPS) is 12.2. The van der Waals surface area contributed by atoms with Gasteiger partial charge in [-0.1, -0.05) is 60.7 Å². The van der Waals surface area contributed by atoms with Crippen molar-refractivity contribution in [1.82, 2.24) is 0 Å². The van der Waals surface area contributed by atoms with Crippen LogP contribution >= 0.6 is 0 Å². The maximum atomic E-state index is 2.37. The van der Waals surface area contributed by atoms with Gasteiger partial charge in [-0.3, -0.25) is 0 Å². The van der Waals surface area contributed by atoms with Crippen molar-refractivity contribution in [2.45, 2.75) is 0 Å². The standard InChI is InChI=1S/C24H14/c1-2-6-17-12-19-14-23-21-10-4-8-15-7-3-9-20(24(15)21)22(23)13-18(19)11-16(17)5-1/h1-14H. The van der Waals surface area contributed by atoms with E-state index in [1.165, 1.54) is 54.6 Å². The molecule has 0 radical (unpaired) electrons. The van der Waals surface area contributed by atoms with Crippen molar-refractivity contribution in [2.24, 2.45) is 0 Å². The number of fused-ring (bicyclic) bond motifs is 5. The highest BCUT2D eigenvalue weighted by Gasteiger charge is 2.21. The van der Waals surface area contributed by atoms with Gasteiger partial charge in [0.2, 0.25) is 0 Å². The number of hydrogen-bond donors (Lipinski definition) is 0. The minimum Gasteiger partial charge on any atom is -0.0616 e. The molecule has 1 aliphatic rings. The lowest BCUT2D eigenvalue weighted by molar-refractivity contribution is 1.74. The maximum absolute atomic E-state index is 2.37. The van der Waals surface area contributed by atoms with E-state index in [-0.39, 0.29) is 0 Å². The number of benzene rings is 5. The minimum absolute atomic E-state index is 1.30. The summed E-state index contributed by atoms with van der Waals surface area (Å²) in [5.74, 6) is 0. The molecule has 0 atom stereocenters.